The number of hydrogen-bond acceptors (Lipinski definition) is 1. The third kappa shape index (κ3) is 6.32. The van der Waals surface area contributed by atoms with Gasteiger partial charge in [-0.05, 0) is 94.9 Å². The van der Waals surface area contributed by atoms with Gasteiger partial charge in [0.25, 0.3) is 0 Å². The Bertz CT molecular complexity index is 2510. The third-order valence-corrected chi connectivity index (χ3v) is 9.55. The Morgan fingerprint density at radius 2 is 0.980 bits per heavy atom. The molecule has 2 heteroatoms. The number of rotatable bonds is 8. The Hall–Kier alpha value is -6.64. The van der Waals surface area contributed by atoms with Crippen LogP contribution in [0.25, 0.3) is 57.1 Å². The molecule has 0 aliphatic carbocycles. The lowest BCUT2D eigenvalue weighted by atomic mass is 9.97. The number of hydrogen-bond donors (Lipinski definition) is 0. The molecule has 0 fully saturated rings. The van der Waals surface area contributed by atoms with Crippen molar-refractivity contribution in [1.29, 1.82) is 0 Å². The molecule has 51 heavy (non-hydrogen) atoms. The van der Waals surface area contributed by atoms with Gasteiger partial charge < -0.3 is 9.47 Å². The van der Waals surface area contributed by atoms with Crippen molar-refractivity contribution in [2.45, 2.75) is 6.92 Å². The highest BCUT2D eigenvalue weighted by molar-refractivity contribution is 5.95. The average molecular weight is 655 g/mol. The third-order valence-electron chi connectivity index (χ3n) is 9.55. The van der Waals surface area contributed by atoms with E-state index in [2.05, 4.69) is 223 Å². The molecule has 2 nitrogen and oxygen atoms in total. The first kappa shape index (κ1) is 31.6. The number of fused-ring (bicyclic) bond motifs is 1. The highest BCUT2D eigenvalue weighted by Crippen LogP contribution is 2.36. The zero-order chi connectivity index (χ0) is 34.6. The lowest BCUT2D eigenvalue weighted by Crippen LogP contribution is -2.26. The van der Waals surface area contributed by atoms with Crippen LogP contribution < -0.4 is 15.5 Å². The molecule has 0 N–H and O–H groups in total. The monoisotopic (exact) mass is 654 g/mol. The van der Waals surface area contributed by atoms with E-state index < -0.39 is 0 Å². The number of para-hydroxylation sites is 3. The van der Waals surface area contributed by atoms with Gasteiger partial charge in [0, 0.05) is 38.7 Å². The van der Waals surface area contributed by atoms with Gasteiger partial charge in [-0.25, -0.2) is 0 Å². The first-order valence-electron chi connectivity index (χ1n) is 17.4. The van der Waals surface area contributed by atoms with Crippen molar-refractivity contribution in [2.75, 3.05) is 4.90 Å². The Balaban J connectivity index is 1.21. The molecule has 0 spiro atoms. The molecule has 1 heterocycles. The van der Waals surface area contributed by atoms with Crippen LogP contribution in [0, 0.1) is 0 Å². The van der Waals surface area contributed by atoms with E-state index in [1.807, 2.05) is 0 Å². The van der Waals surface area contributed by atoms with Crippen LogP contribution in [0.1, 0.15) is 12.5 Å². The Labute approximate surface area is 299 Å². The molecule has 244 valence electrons. The summed E-state index contributed by atoms with van der Waals surface area (Å²) >= 11 is 0. The first-order valence-corrected chi connectivity index (χ1v) is 17.4. The fraction of sp³-hybridized carbons (Fsp3) is 0.0204. The van der Waals surface area contributed by atoms with Crippen LogP contribution in [0.4, 0.5) is 17.1 Å². The number of nitrogens with zero attached hydrogens (tertiary/aromatic N) is 2. The highest BCUT2D eigenvalue weighted by Gasteiger charge is 2.16. The minimum absolute atomic E-state index is 0.953. The summed E-state index contributed by atoms with van der Waals surface area (Å²) in [6, 6.07) is 66.6. The largest absolute Gasteiger partial charge is 0.310 e. The number of allylic oxidation sites excluding steroid dienone is 2. The summed E-state index contributed by atoms with van der Waals surface area (Å²) in [5.41, 5.74) is 12.7. The summed E-state index contributed by atoms with van der Waals surface area (Å²) in [6.45, 7) is 6.79. The molecule has 0 aliphatic heterocycles. The van der Waals surface area contributed by atoms with Crippen molar-refractivity contribution >= 4 is 46.2 Å². The maximum absolute atomic E-state index is 4.68. The number of aromatic nitrogens is 1. The molecular weight excluding hydrogens is 617 g/mol. The molecule has 7 aromatic carbocycles. The zero-order valence-electron chi connectivity index (χ0n) is 28.7. The van der Waals surface area contributed by atoms with Gasteiger partial charge in [-0.3, -0.25) is 0 Å². The fourth-order valence-electron chi connectivity index (χ4n) is 6.96. The van der Waals surface area contributed by atoms with E-state index >= 15 is 0 Å². The van der Waals surface area contributed by atoms with E-state index in [1.165, 1.54) is 22.3 Å². The molecule has 1 aromatic heterocycles. The van der Waals surface area contributed by atoms with E-state index in [0.29, 0.717) is 0 Å². The fourth-order valence-corrected chi connectivity index (χ4v) is 6.96. The second-order valence-electron chi connectivity index (χ2n) is 12.6. The molecule has 0 atom stereocenters. The molecule has 0 bridgehead atoms. The SMILES string of the molecule is C=c1/c(=C\C(=C/C)c2ccc(-c3ccc(-c4ccccc4)cc3)cc2)c2ccc(N(c3ccccc3)c3ccccc3)cc2n1-c1ccccc1. The maximum Gasteiger partial charge on any atom is 0.0561 e. The van der Waals surface area contributed by atoms with Gasteiger partial charge in [0.05, 0.1) is 5.52 Å². The van der Waals surface area contributed by atoms with Crippen molar-refractivity contribution in [3.05, 3.63) is 210 Å². The summed E-state index contributed by atoms with van der Waals surface area (Å²) in [7, 11) is 0. The summed E-state index contributed by atoms with van der Waals surface area (Å²) in [5.74, 6) is 0. The molecular formula is C49H38N2. The number of anilines is 3. The van der Waals surface area contributed by atoms with Gasteiger partial charge in [0.2, 0.25) is 0 Å². The van der Waals surface area contributed by atoms with Gasteiger partial charge in [0.1, 0.15) is 0 Å². The predicted octanol–water partition coefficient (Wildman–Crippen LogP) is 11.7. The van der Waals surface area contributed by atoms with E-state index in [0.717, 1.165) is 55.4 Å². The van der Waals surface area contributed by atoms with Crippen LogP contribution in [-0.4, -0.2) is 4.57 Å². The van der Waals surface area contributed by atoms with Crippen LogP contribution >= 0.6 is 0 Å². The quantitative estimate of drug-likeness (QED) is 0.158. The number of benzene rings is 7. The summed E-state index contributed by atoms with van der Waals surface area (Å²) < 4.78 is 2.29. The Kier molecular flexibility index (Phi) is 8.72. The highest BCUT2D eigenvalue weighted by atomic mass is 15.1. The van der Waals surface area contributed by atoms with Crippen LogP contribution in [0.5, 0.6) is 0 Å². The Morgan fingerprint density at radius 1 is 0.510 bits per heavy atom. The van der Waals surface area contributed by atoms with Crippen LogP contribution in [0.15, 0.2) is 194 Å². The lowest BCUT2D eigenvalue weighted by Gasteiger charge is -2.25. The lowest BCUT2D eigenvalue weighted by molar-refractivity contribution is 1.07. The van der Waals surface area contributed by atoms with E-state index in [9.17, 15) is 0 Å². The van der Waals surface area contributed by atoms with Crippen molar-refractivity contribution in [1.82, 2.24) is 4.57 Å². The smallest absolute Gasteiger partial charge is 0.0561 e. The summed E-state index contributed by atoms with van der Waals surface area (Å²) in [6.07, 6.45) is 4.48. The molecule has 0 aliphatic rings. The van der Waals surface area contributed by atoms with Crippen molar-refractivity contribution in [2.24, 2.45) is 0 Å². The first-order chi connectivity index (χ1) is 25.2. The Morgan fingerprint density at radius 3 is 1.51 bits per heavy atom. The molecule has 8 rings (SSSR count). The van der Waals surface area contributed by atoms with E-state index in [4.69, 9.17) is 0 Å². The van der Waals surface area contributed by atoms with Gasteiger partial charge in [-0.2, -0.15) is 0 Å². The van der Waals surface area contributed by atoms with Crippen molar-refractivity contribution < 1.29 is 0 Å². The molecule has 0 amide bonds. The molecule has 0 saturated carbocycles. The summed E-state index contributed by atoms with van der Waals surface area (Å²) in [5, 5.41) is 3.22. The summed E-state index contributed by atoms with van der Waals surface area (Å²) in [4.78, 5) is 2.31. The standard InChI is InChI=1S/C49H38N2/c1-3-37(39-24-26-41(27-25-39)42-30-28-40(29-31-42)38-16-8-4-9-17-38)34-48-36(2)50(43-18-10-5-11-19-43)49-35-46(32-33-47(48)49)51(44-20-12-6-13-21-44)45-22-14-7-15-23-45/h3-35H,2H2,1H3/b37-3+,48-34+. The van der Waals surface area contributed by atoms with Crippen LogP contribution in [0.2, 0.25) is 0 Å². The van der Waals surface area contributed by atoms with Crippen LogP contribution in [0.3, 0.4) is 0 Å². The second kappa shape index (κ2) is 14.1. The van der Waals surface area contributed by atoms with Crippen molar-refractivity contribution in [3.8, 4) is 27.9 Å². The minimum Gasteiger partial charge on any atom is -0.310 e. The second-order valence-corrected chi connectivity index (χ2v) is 12.6. The van der Waals surface area contributed by atoms with Gasteiger partial charge in [-0.1, -0.05) is 152 Å². The predicted molar refractivity (Wildman–Crippen MR) is 218 cm³/mol. The van der Waals surface area contributed by atoms with Gasteiger partial charge in [-0.15, -0.1) is 0 Å². The van der Waals surface area contributed by atoms with E-state index in [-0.39, 0.29) is 0 Å². The van der Waals surface area contributed by atoms with Crippen LogP contribution in [-0.2, 0) is 0 Å². The topological polar surface area (TPSA) is 8.17 Å². The molecule has 0 saturated heterocycles. The zero-order valence-corrected chi connectivity index (χ0v) is 28.7. The molecule has 0 unspecified atom stereocenters. The van der Waals surface area contributed by atoms with Gasteiger partial charge >= 0.3 is 0 Å². The molecule has 8 aromatic rings. The van der Waals surface area contributed by atoms with E-state index in [1.54, 1.807) is 0 Å². The minimum atomic E-state index is 0.953. The average Bonchev–Trinajstić information content (AvgIpc) is 3.48. The molecule has 0 radical (unpaired) electrons. The normalized spacial score (nSPS) is 11.9. The maximum atomic E-state index is 4.68. The van der Waals surface area contributed by atoms with Crippen molar-refractivity contribution in [3.63, 3.8) is 0 Å². The van der Waals surface area contributed by atoms with Gasteiger partial charge in [0.15, 0.2) is 0 Å².